The molecule has 1 fully saturated rings. The number of carbonyl (C=O) groups excluding carboxylic acids is 1. The van der Waals surface area contributed by atoms with E-state index in [1.807, 2.05) is 5.51 Å². The van der Waals surface area contributed by atoms with Crippen LogP contribution in [-0.4, -0.2) is 38.8 Å². The fourth-order valence-corrected chi connectivity index (χ4v) is 4.12. The molecule has 7 heteroatoms. The first kappa shape index (κ1) is 17.0. The van der Waals surface area contributed by atoms with Crippen molar-refractivity contribution in [2.45, 2.75) is 39.7 Å². The van der Waals surface area contributed by atoms with Crippen LogP contribution < -0.4 is 5.73 Å². The van der Waals surface area contributed by atoms with Crippen molar-refractivity contribution in [3.8, 4) is 0 Å². The average molecular weight is 345 g/mol. The highest BCUT2D eigenvalue weighted by Crippen LogP contribution is 2.23. The summed E-state index contributed by atoms with van der Waals surface area (Å²) in [4.78, 5) is 28.1. The molecule has 3 heterocycles. The summed E-state index contributed by atoms with van der Waals surface area (Å²) in [6, 6.07) is 1.74. The van der Waals surface area contributed by atoms with Crippen LogP contribution in [0.1, 0.15) is 45.4 Å². The molecule has 2 aromatic rings. The number of piperidine rings is 1. The van der Waals surface area contributed by atoms with E-state index in [0.29, 0.717) is 17.4 Å². The number of hydrogen-bond acceptors (Lipinski definition) is 6. The highest BCUT2D eigenvalue weighted by atomic mass is 32.1. The third-order valence-corrected chi connectivity index (χ3v) is 5.38. The molecule has 1 amide bonds. The highest BCUT2D eigenvalue weighted by Gasteiger charge is 2.22. The lowest BCUT2D eigenvalue weighted by molar-refractivity contribution is 0.0995. The fraction of sp³-hybridized carbons (Fsp3) is 0.529. The van der Waals surface area contributed by atoms with Gasteiger partial charge in [-0.05, 0) is 51.6 Å². The number of hydrogen-bond donors (Lipinski definition) is 1. The number of nitrogens with zero attached hydrogens (tertiary/aromatic N) is 4. The lowest BCUT2D eigenvalue weighted by atomic mass is 9.93. The molecule has 0 saturated carbocycles. The Morgan fingerprint density at radius 3 is 2.96 bits per heavy atom. The van der Waals surface area contributed by atoms with Gasteiger partial charge in [0.2, 0.25) is 0 Å². The van der Waals surface area contributed by atoms with E-state index in [9.17, 15) is 4.79 Å². The van der Waals surface area contributed by atoms with Gasteiger partial charge in [0.15, 0.2) is 0 Å². The van der Waals surface area contributed by atoms with Crippen LogP contribution in [0, 0.1) is 19.8 Å². The highest BCUT2D eigenvalue weighted by molar-refractivity contribution is 7.09. The van der Waals surface area contributed by atoms with Crippen molar-refractivity contribution in [2.75, 3.05) is 13.1 Å². The second-order valence-electron chi connectivity index (χ2n) is 6.46. The van der Waals surface area contributed by atoms with Crippen molar-refractivity contribution in [1.29, 1.82) is 0 Å². The van der Waals surface area contributed by atoms with Crippen LogP contribution >= 0.6 is 11.3 Å². The molecular formula is C17H23N5OS. The molecule has 2 N–H and O–H groups in total. The van der Waals surface area contributed by atoms with E-state index in [1.165, 1.54) is 17.7 Å². The summed E-state index contributed by atoms with van der Waals surface area (Å²) >= 11 is 1.73. The van der Waals surface area contributed by atoms with E-state index in [2.05, 4.69) is 26.8 Å². The van der Waals surface area contributed by atoms with Crippen LogP contribution in [0.25, 0.3) is 0 Å². The van der Waals surface area contributed by atoms with Crippen LogP contribution in [0.4, 0.5) is 0 Å². The first-order chi connectivity index (χ1) is 11.5. The van der Waals surface area contributed by atoms with Crippen LogP contribution in [0.15, 0.2) is 11.6 Å². The van der Waals surface area contributed by atoms with E-state index < -0.39 is 5.91 Å². The number of likely N-dealkylation sites (tertiary alicyclic amines) is 1. The summed E-state index contributed by atoms with van der Waals surface area (Å²) in [5.41, 5.74) is 9.64. The second-order valence-corrected chi connectivity index (χ2v) is 7.40. The van der Waals surface area contributed by atoms with Crippen molar-refractivity contribution < 1.29 is 4.79 Å². The normalized spacial score (nSPS) is 18.7. The number of amides is 1. The Morgan fingerprint density at radius 1 is 1.42 bits per heavy atom. The second kappa shape index (κ2) is 7.36. The van der Waals surface area contributed by atoms with Gasteiger partial charge in [-0.3, -0.25) is 9.69 Å². The molecular weight excluding hydrogens is 322 g/mol. The predicted octanol–water partition coefficient (Wildman–Crippen LogP) is 2.10. The topological polar surface area (TPSA) is 85.0 Å². The largest absolute Gasteiger partial charge is 0.364 e. The maximum absolute atomic E-state index is 11.4. The molecule has 0 spiro atoms. The Kier molecular flexibility index (Phi) is 5.20. The molecule has 0 aromatic carbocycles. The zero-order valence-corrected chi connectivity index (χ0v) is 15.0. The first-order valence-corrected chi connectivity index (χ1v) is 9.15. The summed E-state index contributed by atoms with van der Waals surface area (Å²) in [7, 11) is 0. The van der Waals surface area contributed by atoms with Crippen molar-refractivity contribution in [3.05, 3.63) is 39.4 Å². The number of nitrogens with two attached hydrogens (primary N) is 1. The van der Waals surface area contributed by atoms with Crippen LogP contribution in [0.3, 0.4) is 0 Å². The van der Waals surface area contributed by atoms with Gasteiger partial charge in [-0.25, -0.2) is 15.0 Å². The lowest BCUT2D eigenvalue weighted by Gasteiger charge is -2.32. The molecule has 1 aliphatic heterocycles. The smallest absolute Gasteiger partial charge is 0.267 e. The standard InChI is InChI=1S/C17H23N5OS/c1-11-16(24-10-19-11)9-22-5-3-4-13(8-22)6-14-7-15(17(18)23)21-12(2)20-14/h7,10,13H,3-6,8-9H2,1-2H3,(H2,18,23). The van der Waals surface area contributed by atoms with Gasteiger partial charge in [-0.2, -0.15) is 0 Å². The van der Waals surface area contributed by atoms with Gasteiger partial charge in [0.25, 0.3) is 5.91 Å². The molecule has 1 aliphatic rings. The molecule has 24 heavy (non-hydrogen) atoms. The molecule has 0 aliphatic carbocycles. The van der Waals surface area contributed by atoms with Gasteiger partial charge in [-0.15, -0.1) is 11.3 Å². The average Bonchev–Trinajstić information content (AvgIpc) is 2.92. The monoisotopic (exact) mass is 345 g/mol. The number of carbonyl (C=O) groups is 1. The first-order valence-electron chi connectivity index (χ1n) is 8.27. The molecule has 3 rings (SSSR count). The summed E-state index contributed by atoms with van der Waals surface area (Å²) in [6.07, 6.45) is 3.24. The third-order valence-electron chi connectivity index (χ3n) is 4.46. The molecule has 128 valence electrons. The van der Waals surface area contributed by atoms with Crippen LogP contribution in [0.5, 0.6) is 0 Å². The Labute approximate surface area is 146 Å². The number of rotatable bonds is 5. The zero-order chi connectivity index (χ0) is 17.1. The van der Waals surface area contributed by atoms with Gasteiger partial charge in [0, 0.05) is 23.7 Å². The number of primary amides is 1. The molecule has 2 aromatic heterocycles. The summed E-state index contributed by atoms with van der Waals surface area (Å²) in [5, 5.41) is 0. The van der Waals surface area contributed by atoms with Crippen LogP contribution in [0.2, 0.25) is 0 Å². The maximum atomic E-state index is 11.4. The van der Waals surface area contributed by atoms with Gasteiger partial charge >= 0.3 is 0 Å². The number of aromatic nitrogens is 3. The van der Waals surface area contributed by atoms with Crippen LogP contribution in [-0.2, 0) is 13.0 Å². The minimum absolute atomic E-state index is 0.311. The summed E-state index contributed by atoms with van der Waals surface area (Å²) in [6.45, 7) is 7.02. The van der Waals surface area contributed by atoms with Gasteiger partial charge in [0.05, 0.1) is 11.2 Å². The van der Waals surface area contributed by atoms with Gasteiger partial charge in [-0.1, -0.05) is 0 Å². The van der Waals surface area contributed by atoms with Gasteiger partial charge < -0.3 is 5.73 Å². The van der Waals surface area contributed by atoms with Crippen molar-refractivity contribution in [2.24, 2.45) is 11.7 Å². The maximum Gasteiger partial charge on any atom is 0.267 e. The Balaban J connectivity index is 1.65. The third kappa shape index (κ3) is 4.15. The molecule has 1 saturated heterocycles. The molecule has 1 atom stereocenters. The van der Waals surface area contributed by atoms with Crippen molar-refractivity contribution in [1.82, 2.24) is 19.9 Å². The fourth-order valence-electron chi connectivity index (χ4n) is 3.30. The van der Waals surface area contributed by atoms with E-state index in [0.717, 1.165) is 37.4 Å². The van der Waals surface area contributed by atoms with E-state index in [-0.39, 0.29) is 0 Å². The minimum Gasteiger partial charge on any atom is -0.364 e. The molecule has 6 nitrogen and oxygen atoms in total. The van der Waals surface area contributed by atoms with Crippen molar-refractivity contribution >= 4 is 17.2 Å². The van der Waals surface area contributed by atoms with E-state index in [4.69, 9.17) is 5.73 Å². The summed E-state index contributed by atoms with van der Waals surface area (Å²) < 4.78 is 0. The Morgan fingerprint density at radius 2 is 2.25 bits per heavy atom. The minimum atomic E-state index is -0.493. The lowest BCUT2D eigenvalue weighted by Crippen LogP contribution is -2.35. The zero-order valence-electron chi connectivity index (χ0n) is 14.2. The Hall–Kier alpha value is -1.86. The Bertz CT molecular complexity index is 730. The van der Waals surface area contributed by atoms with E-state index >= 15 is 0 Å². The molecule has 0 bridgehead atoms. The number of thiazole rings is 1. The summed E-state index contributed by atoms with van der Waals surface area (Å²) in [5.74, 6) is 0.656. The van der Waals surface area contributed by atoms with E-state index in [1.54, 1.807) is 24.3 Å². The SMILES string of the molecule is Cc1nc(CC2CCCN(Cc3scnc3C)C2)cc(C(N)=O)n1. The van der Waals surface area contributed by atoms with Gasteiger partial charge in [0.1, 0.15) is 11.5 Å². The molecule has 0 radical (unpaired) electrons. The predicted molar refractivity (Wildman–Crippen MR) is 93.8 cm³/mol. The quantitative estimate of drug-likeness (QED) is 0.897. The molecule has 1 unspecified atom stereocenters. The van der Waals surface area contributed by atoms with Crippen molar-refractivity contribution in [3.63, 3.8) is 0 Å². The number of aryl methyl sites for hydroxylation is 2.